The molecule has 0 saturated carbocycles. The standard InChI is InChI=1S/C22H18ClN5O/c23-16-9-10-21-24-11-19(28(21)12-16)18-7-4-8-20(26-18)25-17-13-27(14-17)22(29)15-5-2-1-3-6-15/h1-12,17H,13-14H2,(H,25,26). The minimum atomic E-state index is 0.0629. The van der Waals surface area contributed by atoms with Crippen molar-refractivity contribution in [3.63, 3.8) is 0 Å². The second-order valence-corrected chi connectivity index (χ2v) is 7.48. The second kappa shape index (κ2) is 7.22. The maximum absolute atomic E-state index is 12.4. The Morgan fingerprint density at radius 2 is 1.86 bits per heavy atom. The van der Waals surface area contributed by atoms with Gasteiger partial charge in [-0.3, -0.25) is 9.20 Å². The van der Waals surface area contributed by atoms with Crippen molar-refractivity contribution in [2.45, 2.75) is 6.04 Å². The normalized spacial score (nSPS) is 14.0. The van der Waals surface area contributed by atoms with Gasteiger partial charge in [-0.25, -0.2) is 9.97 Å². The first-order chi connectivity index (χ1) is 14.2. The second-order valence-electron chi connectivity index (χ2n) is 7.04. The Bertz CT molecular complexity index is 1180. The SMILES string of the molecule is O=C(c1ccccc1)N1CC(Nc2cccc(-c3cnc4ccc(Cl)cn34)n2)C1. The molecule has 1 amide bonds. The number of anilines is 1. The van der Waals surface area contributed by atoms with Crippen LogP contribution in [0.1, 0.15) is 10.4 Å². The average Bonchev–Trinajstić information content (AvgIpc) is 3.14. The van der Waals surface area contributed by atoms with E-state index < -0.39 is 0 Å². The van der Waals surface area contributed by atoms with Crippen LogP contribution in [-0.4, -0.2) is 44.3 Å². The maximum Gasteiger partial charge on any atom is 0.253 e. The summed E-state index contributed by atoms with van der Waals surface area (Å²) in [5, 5.41) is 4.06. The quantitative estimate of drug-likeness (QED) is 0.559. The van der Waals surface area contributed by atoms with Crippen molar-refractivity contribution in [2.75, 3.05) is 18.4 Å². The van der Waals surface area contributed by atoms with Crippen molar-refractivity contribution < 1.29 is 4.79 Å². The smallest absolute Gasteiger partial charge is 0.253 e. The van der Waals surface area contributed by atoms with E-state index in [0.29, 0.717) is 18.1 Å². The maximum atomic E-state index is 12.4. The summed E-state index contributed by atoms with van der Waals surface area (Å²) in [6.45, 7) is 1.32. The van der Waals surface area contributed by atoms with Crippen molar-refractivity contribution in [3.8, 4) is 11.4 Å². The summed E-state index contributed by atoms with van der Waals surface area (Å²) in [4.78, 5) is 23.4. The Morgan fingerprint density at radius 1 is 1.03 bits per heavy atom. The number of benzene rings is 1. The largest absolute Gasteiger partial charge is 0.364 e. The first-order valence-corrected chi connectivity index (χ1v) is 9.76. The van der Waals surface area contributed by atoms with Crippen molar-refractivity contribution in [1.29, 1.82) is 0 Å². The number of fused-ring (bicyclic) bond motifs is 1. The number of aromatic nitrogens is 3. The van der Waals surface area contributed by atoms with Gasteiger partial charge in [-0.2, -0.15) is 0 Å². The molecule has 1 fully saturated rings. The van der Waals surface area contributed by atoms with Gasteiger partial charge in [0, 0.05) is 24.8 Å². The summed E-state index contributed by atoms with van der Waals surface area (Å²) in [5.41, 5.74) is 3.22. The molecule has 0 radical (unpaired) electrons. The Kier molecular flexibility index (Phi) is 4.41. The topological polar surface area (TPSA) is 62.5 Å². The number of nitrogens with zero attached hydrogens (tertiary/aromatic N) is 4. The molecule has 4 aromatic rings. The van der Waals surface area contributed by atoms with Crippen LogP contribution >= 0.6 is 11.6 Å². The molecule has 5 rings (SSSR count). The van der Waals surface area contributed by atoms with Crippen molar-refractivity contribution in [2.24, 2.45) is 0 Å². The van der Waals surface area contributed by atoms with E-state index in [1.807, 2.05) is 76.2 Å². The van der Waals surface area contributed by atoms with Gasteiger partial charge in [0.25, 0.3) is 5.91 Å². The summed E-state index contributed by atoms with van der Waals surface area (Å²) < 4.78 is 1.93. The van der Waals surface area contributed by atoms with Crippen LogP contribution in [0.3, 0.4) is 0 Å². The molecule has 29 heavy (non-hydrogen) atoms. The van der Waals surface area contributed by atoms with Crippen LogP contribution in [0.4, 0.5) is 5.82 Å². The lowest BCUT2D eigenvalue weighted by Crippen LogP contribution is -2.57. The number of amides is 1. The number of pyridine rings is 2. The van der Waals surface area contributed by atoms with Gasteiger partial charge >= 0.3 is 0 Å². The van der Waals surface area contributed by atoms with Crippen molar-refractivity contribution in [3.05, 3.63) is 83.6 Å². The van der Waals surface area contributed by atoms with E-state index in [4.69, 9.17) is 16.6 Å². The number of carbonyl (C=O) groups excluding carboxylic acids is 1. The molecule has 0 spiro atoms. The third-order valence-corrected chi connectivity index (χ3v) is 5.25. The van der Waals surface area contributed by atoms with Gasteiger partial charge in [0.2, 0.25) is 0 Å². The predicted molar refractivity (Wildman–Crippen MR) is 113 cm³/mol. The fraction of sp³-hybridized carbons (Fsp3) is 0.136. The molecule has 1 aliphatic rings. The lowest BCUT2D eigenvalue weighted by molar-refractivity contribution is 0.0625. The lowest BCUT2D eigenvalue weighted by Gasteiger charge is -2.39. The number of rotatable bonds is 4. The van der Waals surface area contributed by atoms with E-state index in [1.165, 1.54) is 0 Å². The Hall–Kier alpha value is -3.38. The molecule has 0 atom stereocenters. The Morgan fingerprint density at radius 3 is 2.69 bits per heavy atom. The average molecular weight is 404 g/mol. The molecule has 3 aromatic heterocycles. The molecule has 0 unspecified atom stereocenters. The molecule has 4 heterocycles. The molecule has 0 bridgehead atoms. The van der Waals surface area contributed by atoms with Crippen LogP contribution in [0.2, 0.25) is 5.02 Å². The van der Waals surface area contributed by atoms with Crippen molar-refractivity contribution >= 4 is 29.0 Å². The van der Waals surface area contributed by atoms with Gasteiger partial charge < -0.3 is 10.2 Å². The molecule has 1 N–H and O–H groups in total. The lowest BCUT2D eigenvalue weighted by atomic mass is 10.1. The van der Waals surface area contributed by atoms with Crippen LogP contribution in [-0.2, 0) is 0 Å². The molecule has 1 aliphatic heterocycles. The van der Waals surface area contributed by atoms with Crippen LogP contribution in [0.5, 0.6) is 0 Å². The fourth-order valence-corrected chi connectivity index (χ4v) is 3.67. The molecular formula is C22H18ClN5O. The van der Waals surface area contributed by atoms with Crippen LogP contribution < -0.4 is 5.32 Å². The van der Waals surface area contributed by atoms with E-state index in [0.717, 1.165) is 28.4 Å². The zero-order valence-corrected chi connectivity index (χ0v) is 16.3. The molecule has 0 aliphatic carbocycles. The van der Waals surface area contributed by atoms with Crippen LogP contribution in [0.25, 0.3) is 17.0 Å². The third-order valence-electron chi connectivity index (χ3n) is 5.02. The molecule has 6 nitrogen and oxygen atoms in total. The van der Waals surface area contributed by atoms with Gasteiger partial charge in [-0.1, -0.05) is 35.9 Å². The number of likely N-dealkylation sites (tertiary alicyclic amines) is 1. The summed E-state index contributed by atoms with van der Waals surface area (Å²) in [6, 6.07) is 19.1. The zero-order chi connectivity index (χ0) is 19.8. The van der Waals surface area contributed by atoms with E-state index in [-0.39, 0.29) is 11.9 Å². The molecule has 1 aromatic carbocycles. The van der Waals surface area contributed by atoms with E-state index in [1.54, 1.807) is 6.20 Å². The summed E-state index contributed by atoms with van der Waals surface area (Å²) in [6.07, 6.45) is 3.63. The molecule has 144 valence electrons. The highest BCUT2D eigenvalue weighted by Crippen LogP contribution is 2.23. The van der Waals surface area contributed by atoms with Crippen LogP contribution in [0.15, 0.2) is 73.1 Å². The number of hydrogen-bond donors (Lipinski definition) is 1. The van der Waals surface area contributed by atoms with Gasteiger partial charge in [-0.05, 0) is 36.4 Å². The van der Waals surface area contributed by atoms with Gasteiger partial charge in [0.1, 0.15) is 11.5 Å². The fourth-order valence-electron chi connectivity index (χ4n) is 3.51. The molecular weight excluding hydrogens is 386 g/mol. The van der Waals surface area contributed by atoms with Gasteiger partial charge in [-0.15, -0.1) is 0 Å². The van der Waals surface area contributed by atoms with Gasteiger partial charge in [0.15, 0.2) is 0 Å². The summed E-state index contributed by atoms with van der Waals surface area (Å²) in [7, 11) is 0. The number of nitrogens with one attached hydrogen (secondary N) is 1. The third kappa shape index (κ3) is 3.43. The van der Waals surface area contributed by atoms with E-state index >= 15 is 0 Å². The minimum Gasteiger partial charge on any atom is -0.364 e. The highest BCUT2D eigenvalue weighted by atomic mass is 35.5. The minimum absolute atomic E-state index is 0.0629. The summed E-state index contributed by atoms with van der Waals surface area (Å²) in [5.74, 6) is 0.837. The highest BCUT2D eigenvalue weighted by Gasteiger charge is 2.31. The molecule has 7 heteroatoms. The first-order valence-electron chi connectivity index (χ1n) is 9.38. The number of imidazole rings is 1. The monoisotopic (exact) mass is 403 g/mol. The van der Waals surface area contributed by atoms with E-state index in [9.17, 15) is 4.79 Å². The number of halogens is 1. The molecule has 1 saturated heterocycles. The number of hydrogen-bond acceptors (Lipinski definition) is 4. The highest BCUT2D eigenvalue weighted by molar-refractivity contribution is 6.30. The zero-order valence-electron chi connectivity index (χ0n) is 15.5. The Balaban J connectivity index is 1.29. The number of carbonyl (C=O) groups is 1. The van der Waals surface area contributed by atoms with Crippen molar-refractivity contribution in [1.82, 2.24) is 19.3 Å². The Labute approximate surface area is 172 Å². The summed E-state index contributed by atoms with van der Waals surface area (Å²) >= 11 is 6.13. The van der Waals surface area contributed by atoms with Crippen LogP contribution in [0, 0.1) is 0 Å². The van der Waals surface area contributed by atoms with E-state index in [2.05, 4.69) is 10.3 Å². The first kappa shape index (κ1) is 17.7. The predicted octanol–water partition coefficient (Wildman–Crippen LogP) is 3.99. The van der Waals surface area contributed by atoms with Gasteiger partial charge in [0.05, 0.1) is 28.6 Å².